The van der Waals surface area contributed by atoms with Gasteiger partial charge in [0.2, 0.25) is 5.91 Å². The molecule has 0 aromatic heterocycles. The topological polar surface area (TPSA) is 70.2 Å². The van der Waals surface area contributed by atoms with Crippen LogP contribution in [0.3, 0.4) is 0 Å². The molecule has 2 atom stereocenters. The lowest BCUT2D eigenvalue weighted by Gasteiger charge is -2.26. The quantitative estimate of drug-likeness (QED) is 0.717. The molecule has 1 aromatic carbocycles. The lowest BCUT2D eigenvalue weighted by molar-refractivity contribution is -0.122. The van der Waals surface area contributed by atoms with Crippen LogP contribution in [0.2, 0.25) is 0 Å². The largest absolute Gasteiger partial charge is 0.352 e. The molecule has 0 heterocycles. The first-order valence-corrected chi connectivity index (χ1v) is 8.57. The predicted octanol–water partition coefficient (Wildman–Crippen LogP) is 2.69. The Hall–Kier alpha value is -2.11. The summed E-state index contributed by atoms with van der Waals surface area (Å²) in [6.45, 7) is 0.920. The Morgan fingerprint density at radius 1 is 1.17 bits per heavy atom. The molecule has 0 radical (unpaired) electrons. The molecule has 3 amide bonds. The summed E-state index contributed by atoms with van der Waals surface area (Å²) in [5, 5.41) is 8.06. The maximum Gasteiger partial charge on any atom is 0.315 e. The van der Waals surface area contributed by atoms with Crippen LogP contribution in [-0.4, -0.2) is 31.2 Å². The minimum atomic E-state index is -0.712. The van der Waals surface area contributed by atoms with Crippen LogP contribution in [0.1, 0.15) is 44.2 Å². The fourth-order valence-electron chi connectivity index (χ4n) is 3.19. The van der Waals surface area contributed by atoms with E-state index in [2.05, 4.69) is 16.0 Å². The molecule has 0 spiro atoms. The van der Waals surface area contributed by atoms with Gasteiger partial charge in [-0.25, -0.2) is 9.18 Å². The highest BCUT2D eigenvalue weighted by molar-refractivity contribution is 5.86. The molecule has 0 unspecified atom stereocenters. The average Bonchev–Trinajstić information content (AvgIpc) is 3.12. The number of carbonyl (C=O) groups is 2. The number of halogens is 1. The van der Waals surface area contributed by atoms with Crippen LogP contribution < -0.4 is 16.0 Å². The fraction of sp³-hybridized carbons (Fsp3) is 0.556. The molecule has 6 heteroatoms. The van der Waals surface area contributed by atoms with Gasteiger partial charge in [0.15, 0.2) is 0 Å². The Morgan fingerprint density at radius 3 is 2.46 bits per heavy atom. The normalized spacial score (nSPS) is 17.1. The summed E-state index contributed by atoms with van der Waals surface area (Å²) in [7, 11) is 0. The van der Waals surface area contributed by atoms with E-state index in [9.17, 15) is 14.0 Å². The van der Waals surface area contributed by atoms with E-state index in [-0.39, 0.29) is 24.5 Å². The number of rotatable bonds is 7. The van der Waals surface area contributed by atoms with Gasteiger partial charge in [-0.05, 0) is 31.2 Å². The van der Waals surface area contributed by atoms with Crippen molar-refractivity contribution in [3.63, 3.8) is 0 Å². The van der Waals surface area contributed by atoms with E-state index in [0.717, 1.165) is 18.4 Å². The molecule has 2 rings (SSSR count). The predicted molar refractivity (Wildman–Crippen MR) is 91.3 cm³/mol. The second-order valence-corrected chi connectivity index (χ2v) is 6.25. The zero-order chi connectivity index (χ0) is 17.4. The Balaban J connectivity index is 1.96. The van der Waals surface area contributed by atoms with Gasteiger partial charge >= 0.3 is 6.03 Å². The van der Waals surface area contributed by atoms with Gasteiger partial charge in [0.1, 0.15) is 12.7 Å². The number of alkyl halides is 1. The van der Waals surface area contributed by atoms with Crippen molar-refractivity contribution in [3.8, 4) is 0 Å². The highest BCUT2D eigenvalue weighted by Crippen LogP contribution is 2.35. The zero-order valence-electron chi connectivity index (χ0n) is 14.1. The molecule has 1 aliphatic carbocycles. The third-order valence-corrected chi connectivity index (χ3v) is 4.45. The van der Waals surface area contributed by atoms with Crippen LogP contribution in [0, 0.1) is 5.92 Å². The number of benzene rings is 1. The lowest BCUT2D eigenvalue weighted by Crippen LogP contribution is -2.50. The van der Waals surface area contributed by atoms with Gasteiger partial charge in [0, 0.05) is 6.54 Å². The van der Waals surface area contributed by atoms with Gasteiger partial charge in [-0.3, -0.25) is 4.79 Å². The second-order valence-electron chi connectivity index (χ2n) is 6.25. The van der Waals surface area contributed by atoms with Crippen molar-refractivity contribution < 1.29 is 14.0 Å². The number of hydrogen-bond donors (Lipinski definition) is 3. The number of amides is 3. The fourth-order valence-corrected chi connectivity index (χ4v) is 3.19. The minimum Gasteiger partial charge on any atom is -0.352 e. The molecule has 132 valence electrons. The number of carbonyl (C=O) groups excluding carboxylic acids is 2. The van der Waals surface area contributed by atoms with Gasteiger partial charge in [0.05, 0.1) is 6.04 Å². The molecule has 1 aliphatic rings. The first-order valence-electron chi connectivity index (χ1n) is 8.57. The van der Waals surface area contributed by atoms with Crippen LogP contribution in [0.15, 0.2) is 30.3 Å². The lowest BCUT2D eigenvalue weighted by atomic mass is 9.92. The van der Waals surface area contributed by atoms with E-state index < -0.39 is 12.7 Å². The maximum atomic E-state index is 12.3. The highest BCUT2D eigenvalue weighted by Gasteiger charge is 2.28. The molecule has 0 saturated heterocycles. The van der Waals surface area contributed by atoms with Crippen molar-refractivity contribution in [1.82, 2.24) is 16.0 Å². The summed E-state index contributed by atoms with van der Waals surface area (Å²) in [4.78, 5) is 24.0. The average molecular weight is 335 g/mol. The van der Waals surface area contributed by atoms with Gasteiger partial charge in [-0.2, -0.15) is 0 Å². The van der Waals surface area contributed by atoms with E-state index in [0.29, 0.717) is 5.92 Å². The first kappa shape index (κ1) is 18.2. The van der Waals surface area contributed by atoms with Crippen molar-refractivity contribution in [3.05, 3.63) is 35.9 Å². The maximum absolute atomic E-state index is 12.3. The molecule has 24 heavy (non-hydrogen) atoms. The van der Waals surface area contributed by atoms with Gasteiger partial charge < -0.3 is 16.0 Å². The Kier molecular flexibility index (Phi) is 7.03. The molecule has 5 nitrogen and oxygen atoms in total. The number of nitrogens with one attached hydrogen (secondary N) is 3. The summed E-state index contributed by atoms with van der Waals surface area (Å²) in [6, 6.07) is 8.76. The van der Waals surface area contributed by atoms with Crippen LogP contribution in [-0.2, 0) is 4.79 Å². The van der Waals surface area contributed by atoms with Gasteiger partial charge in [-0.15, -0.1) is 0 Å². The second kappa shape index (κ2) is 9.25. The molecule has 0 bridgehead atoms. The Labute approximate surface area is 142 Å². The summed E-state index contributed by atoms with van der Waals surface area (Å²) in [5.41, 5.74) is 1.08. The van der Waals surface area contributed by atoms with E-state index in [4.69, 9.17) is 0 Å². The van der Waals surface area contributed by atoms with Crippen LogP contribution in [0.4, 0.5) is 9.18 Å². The Morgan fingerprint density at radius 2 is 1.83 bits per heavy atom. The molecule has 1 saturated carbocycles. The van der Waals surface area contributed by atoms with Gasteiger partial charge in [-0.1, -0.05) is 43.2 Å². The SMILES string of the molecule is C[C@@H](NC(=O)N[C@@H](c1ccccc1)C1CCCC1)C(=O)NCCF. The van der Waals surface area contributed by atoms with E-state index in [1.54, 1.807) is 6.92 Å². The monoisotopic (exact) mass is 335 g/mol. The third kappa shape index (κ3) is 5.22. The van der Waals surface area contributed by atoms with Crippen molar-refractivity contribution >= 4 is 11.9 Å². The summed E-state index contributed by atoms with van der Waals surface area (Å²) >= 11 is 0. The standard InChI is InChI=1S/C18H26FN3O2/c1-13(17(23)20-12-11-19)21-18(24)22-16(15-9-5-6-10-15)14-7-3-2-4-8-14/h2-4,7-8,13,15-16H,5-6,9-12H2,1H3,(H,20,23)(H2,21,22,24)/t13-,16+/m1/s1. The van der Waals surface area contributed by atoms with E-state index in [1.165, 1.54) is 12.8 Å². The summed E-state index contributed by atoms with van der Waals surface area (Å²) < 4.78 is 12.1. The van der Waals surface area contributed by atoms with Gasteiger partial charge in [0.25, 0.3) is 0 Å². The zero-order valence-corrected chi connectivity index (χ0v) is 14.1. The molecular formula is C18H26FN3O2. The molecule has 1 aromatic rings. The highest BCUT2D eigenvalue weighted by atomic mass is 19.1. The molecule has 0 aliphatic heterocycles. The summed E-state index contributed by atoms with van der Waals surface area (Å²) in [6.07, 6.45) is 4.54. The number of hydrogen-bond acceptors (Lipinski definition) is 2. The van der Waals surface area contributed by atoms with Crippen LogP contribution in [0.5, 0.6) is 0 Å². The minimum absolute atomic E-state index is 0.0405. The molecular weight excluding hydrogens is 309 g/mol. The van der Waals surface area contributed by atoms with Crippen molar-refractivity contribution in [2.45, 2.75) is 44.7 Å². The van der Waals surface area contributed by atoms with Crippen molar-refractivity contribution in [2.75, 3.05) is 13.2 Å². The smallest absolute Gasteiger partial charge is 0.315 e. The van der Waals surface area contributed by atoms with E-state index >= 15 is 0 Å². The summed E-state index contributed by atoms with van der Waals surface area (Å²) in [5.74, 6) is 0.0220. The number of urea groups is 1. The van der Waals surface area contributed by atoms with Crippen LogP contribution >= 0.6 is 0 Å². The van der Waals surface area contributed by atoms with Crippen molar-refractivity contribution in [1.29, 1.82) is 0 Å². The van der Waals surface area contributed by atoms with E-state index in [1.807, 2.05) is 30.3 Å². The third-order valence-electron chi connectivity index (χ3n) is 4.45. The first-order chi connectivity index (χ1) is 11.6. The van der Waals surface area contributed by atoms with Crippen molar-refractivity contribution in [2.24, 2.45) is 5.92 Å². The Bertz CT molecular complexity index is 532. The van der Waals surface area contributed by atoms with Crippen LogP contribution in [0.25, 0.3) is 0 Å². The molecule has 3 N–H and O–H groups in total. The molecule has 1 fully saturated rings.